The molecule has 5 heteroatoms. The molecule has 2 aromatic rings. The summed E-state index contributed by atoms with van der Waals surface area (Å²) in [6.07, 6.45) is 1.64. The lowest BCUT2D eigenvalue weighted by Crippen LogP contribution is -2.27. The molecule has 3 N–H and O–H groups in total. The van der Waals surface area contributed by atoms with Gasteiger partial charge in [0.15, 0.2) is 0 Å². The Labute approximate surface area is 134 Å². The molecule has 1 aromatic heterocycles. The van der Waals surface area contributed by atoms with Crippen molar-refractivity contribution in [3.05, 3.63) is 34.5 Å². The molecule has 4 nitrogen and oxygen atoms in total. The van der Waals surface area contributed by atoms with Gasteiger partial charge in [-0.25, -0.2) is 0 Å². The number of amides is 1. The van der Waals surface area contributed by atoms with Gasteiger partial charge in [0.2, 0.25) is 5.91 Å². The van der Waals surface area contributed by atoms with E-state index in [1.165, 1.54) is 0 Å². The molecule has 1 amide bonds. The summed E-state index contributed by atoms with van der Waals surface area (Å²) in [5, 5.41) is 14.4. The van der Waals surface area contributed by atoms with Crippen LogP contribution in [-0.4, -0.2) is 21.6 Å². The smallest absolute Gasteiger partial charge is 0.223 e. The van der Waals surface area contributed by atoms with Crippen LogP contribution in [0.5, 0.6) is 0 Å². The van der Waals surface area contributed by atoms with Gasteiger partial charge in [-0.3, -0.25) is 4.79 Å². The fraction of sp³-hybridized carbons (Fsp3) is 0.471. The van der Waals surface area contributed by atoms with Crippen molar-refractivity contribution in [2.45, 2.75) is 51.2 Å². The molecule has 0 radical (unpaired) electrons. The van der Waals surface area contributed by atoms with Gasteiger partial charge in [0.1, 0.15) is 0 Å². The van der Waals surface area contributed by atoms with Crippen LogP contribution in [-0.2, 0) is 11.3 Å². The molecule has 1 saturated carbocycles. The number of carbonyl (C=O) groups is 1. The Balaban J connectivity index is 1.70. The van der Waals surface area contributed by atoms with Crippen LogP contribution in [0.2, 0.25) is 5.02 Å². The monoisotopic (exact) mass is 320 g/mol. The zero-order valence-corrected chi connectivity index (χ0v) is 13.6. The first-order valence-electron chi connectivity index (χ1n) is 7.66. The third-order valence-corrected chi connectivity index (χ3v) is 4.54. The summed E-state index contributed by atoms with van der Waals surface area (Å²) < 4.78 is 0. The number of nitrogens with one attached hydrogen (secondary N) is 2. The normalized spacial score (nSPS) is 16.2. The number of carbonyl (C=O) groups excluding carboxylic acids is 1. The van der Waals surface area contributed by atoms with Gasteiger partial charge in [-0.2, -0.15) is 0 Å². The largest absolute Gasteiger partial charge is 0.389 e. The second-order valence-corrected chi connectivity index (χ2v) is 7.00. The van der Waals surface area contributed by atoms with Crippen LogP contribution in [0.25, 0.3) is 10.9 Å². The summed E-state index contributed by atoms with van der Waals surface area (Å²) in [5.74, 6) is 0.252. The molecular formula is C17H21ClN2O2. The number of hydrogen-bond acceptors (Lipinski definition) is 2. The summed E-state index contributed by atoms with van der Waals surface area (Å²) in [6.45, 7) is 4.65. The van der Waals surface area contributed by atoms with E-state index in [0.29, 0.717) is 12.5 Å². The summed E-state index contributed by atoms with van der Waals surface area (Å²) >= 11 is 6.30. The van der Waals surface area contributed by atoms with Gasteiger partial charge >= 0.3 is 0 Å². The quantitative estimate of drug-likeness (QED) is 0.789. The first kappa shape index (κ1) is 15.4. The molecular weight excluding hydrogens is 300 g/mol. The van der Waals surface area contributed by atoms with Gasteiger partial charge in [0.05, 0.1) is 18.6 Å². The Morgan fingerprint density at radius 1 is 1.41 bits per heavy atom. The maximum Gasteiger partial charge on any atom is 0.223 e. The number of hydrogen-bond donors (Lipinski definition) is 3. The summed E-state index contributed by atoms with van der Waals surface area (Å²) in [6, 6.07) is 6.03. The minimum atomic E-state index is -0.746. The predicted octanol–water partition coefficient (Wildman–Crippen LogP) is 3.48. The third-order valence-electron chi connectivity index (χ3n) is 4.21. The van der Waals surface area contributed by atoms with Crippen molar-refractivity contribution in [3.8, 4) is 0 Å². The van der Waals surface area contributed by atoms with Gasteiger partial charge < -0.3 is 15.4 Å². The Bertz CT molecular complexity index is 717. The Morgan fingerprint density at radius 3 is 2.77 bits per heavy atom. The van der Waals surface area contributed by atoms with Crippen LogP contribution in [0.1, 0.15) is 50.3 Å². The number of benzene rings is 1. The highest BCUT2D eigenvalue weighted by Crippen LogP contribution is 2.38. The molecule has 0 aliphatic heterocycles. The lowest BCUT2D eigenvalue weighted by atomic mass is 10.0. The number of fused-ring (bicyclic) bond motifs is 1. The summed E-state index contributed by atoms with van der Waals surface area (Å²) in [7, 11) is 0. The Kier molecular flexibility index (Phi) is 3.91. The minimum Gasteiger partial charge on any atom is -0.389 e. The van der Waals surface area contributed by atoms with E-state index in [9.17, 15) is 9.90 Å². The number of aromatic nitrogens is 1. The standard InChI is InChI=1S/C17H21ClN2O2/c1-10(2)13-7-15-11(6-14(13)18)5-12(20-15)9-19-16(21)8-17(22)3-4-17/h5-7,10,20,22H,3-4,8-9H2,1-2H3,(H,19,21). The Hall–Kier alpha value is -1.52. The predicted molar refractivity (Wildman–Crippen MR) is 88.0 cm³/mol. The molecule has 22 heavy (non-hydrogen) atoms. The zero-order chi connectivity index (χ0) is 15.9. The van der Waals surface area contributed by atoms with Gasteiger partial charge in [-0.15, -0.1) is 0 Å². The van der Waals surface area contributed by atoms with Crippen molar-refractivity contribution in [2.24, 2.45) is 0 Å². The highest BCUT2D eigenvalue weighted by atomic mass is 35.5. The lowest BCUT2D eigenvalue weighted by molar-refractivity contribution is -0.123. The molecule has 0 spiro atoms. The van der Waals surface area contributed by atoms with Crippen molar-refractivity contribution in [3.63, 3.8) is 0 Å². The molecule has 0 atom stereocenters. The van der Waals surface area contributed by atoms with E-state index in [-0.39, 0.29) is 12.3 Å². The van der Waals surface area contributed by atoms with E-state index in [0.717, 1.165) is 40.0 Å². The SMILES string of the molecule is CC(C)c1cc2[nH]c(CNC(=O)CC3(O)CC3)cc2cc1Cl. The molecule has 1 aromatic carbocycles. The highest BCUT2D eigenvalue weighted by Gasteiger charge is 2.42. The number of H-pyrrole nitrogens is 1. The number of halogens is 1. The number of aromatic amines is 1. The van der Waals surface area contributed by atoms with Gasteiger partial charge in [0.25, 0.3) is 0 Å². The van der Waals surface area contributed by atoms with Crippen molar-refractivity contribution < 1.29 is 9.90 Å². The summed E-state index contributed by atoms with van der Waals surface area (Å²) in [4.78, 5) is 15.1. The van der Waals surface area contributed by atoms with Crippen LogP contribution < -0.4 is 5.32 Å². The van der Waals surface area contributed by atoms with Crippen molar-refractivity contribution in [2.75, 3.05) is 0 Å². The van der Waals surface area contributed by atoms with Crippen LogP contribution in [0.4, 0.5) is 0 Å². The van der Waals surface area contributed by atoms with Crippen molar-refractivity contribution in [1.29, 1.82) is 0 Å². The van der Waals surface area contributed by atoms with Crippen LogP contribution in [0.3, 0.4) is 0 Å². The topological polar surface area (TPSA) is 65.1 Å². The zero-order valence-electron chi connectivity index (χ0n) is 12.9. The second-order valence-electron chi connectivity index (χ2n) is 6.59. The van der Waals surface area contributed by atoms with E-state index < -0.39 is 5.60 Å². The second kappa shape index (κ2) is 5.60. The Morgan fingerprint density at radius 2 is 2.14 bits per heavy atom. The number of aliphatic hydroxyl groups is 1. The average molecular weight is 321 g/mol. The van der Waals surface area contributed by atoms with E-state index in [1.54, 1.807) is 0 Å². The molecule has 1 aliphatic rings. The fourth-order valence-corrected chi connectivity index (χ4v) is 3.03. The third kappa shape index (κ3) is 3.28. The van der Waals surface area contributed by atoms with Crippen LogP contribution in [0, 0.1) is 0 Å². The molecule has 1 aliphatic carbocycles. The van der Waals surface area contributed by atoms with E-state index in [4.69, 9.17) is 11.6 Å². The molecule has 3 rings (SSSR count). The molecule has 0 saturated heterocycles. The van der Waals surface area contributed by atoms with Crippen molar-refractivity contribution in [1.82, 2.24) is 10.3 Å². The van der Waals surface area contributed by atoms with Gasteiger partial charge in [-0.05, 0) is 42.5 Å². The summed E-state index contributed by atoms with van der Waals surface area (Å²) in [5.41, 5.74) is 2.33. The van der Waals surface area contributed by atoms with E-state index >= 15 is 0 Å². The maximum atomic E-state index is 11.8. The molecule has 0 bridgehead atoms. The van der Waals surface area contributed by atoms with E-state index in [2.05, 4.69) is 30.2 Å². The maximum absolute atomic E-state index is 11.8. The molecule has 118 valence electrons. The first-order valence-corrected chi connectivity index (χ1v) is 8.04. The number of rotatable bonds is 5. The average Bonchev–Trinajstić information content (AvgIpc) is 3.01. The van der Waals surface area contributed by atoms with Gasteiger partial charge in [-0.1, -0.05) is 25.4 Å². The van der Waals surface area contributed by atoms with E-state index in [1.807, 2.05) is 12.1 Å². The molecule has 0 unspecified atom stereocenters. The first-order chi connectivity index (χ1) is 10.4. The fourth-order valence-electron chi connectivity index (χ4n) is 2.64. The molecule has 1 heterocycles. The van der Waals surface area contributed by atoms with Crippen LogP contribution >= 0.6 is 11.6 Å². The molecule has 1 fully saturated rings. The van der Waals surface area contributed by atoms with Crippen molar-refractivity contribution >= 4 is 28.4 Å². The lowest BCUT2D eigenvalue weighted by Gasteiger charge is -2.08. The highest BCUT2D eigenvalue weighted by molar-refractivity contribution is 6.32. The minimum absolute atomic E-state index is 0.112. The van der Waals surface area contributed by atoms with Gasteiger partial charge in [0, 0.05) is 21.6 Å². The van der Waals surface area contributed by atoms with Crippen LogP contribution in [0.15, 0.2) is 18.2 Å².